The molecule has 4 nitrogen and oxygen atoms in total. The van der Waals surface area contributed by atoms with Gasteiger partial charge in [-0.25, -0.2) is 4.79 Å². The van der Waals surface area contributed by atoms with E-state index in [1.165, 1.54) is 54.5 Å². The molecule has 0 aromatic heterocycles. The van der Waals surface area contributed by atoms with Gasteiger partial charge in [-0.05, 0) is 66.6 Å². The monoisotopic (exact) mass is 376 g/mol. The van der Waals surface area contributed by atoms with Crippen molar-refractivity contribution < 1.29 is 9.90 Å². The van der Waals surface area contributed by atoms with Gasteiger partial charge in [-0.3, -0.25) is 0 Å². The highest BCUT2D eigenvalue weighted by molar-refractivity contribution is 5.85. The Kier molecular flexibility index (Phi) is 5.38. The normalized spacial score (nSPS) is 21.1. The second-order valence-corrected chi connectivity index (χ2v) is 7.85. The van der Waals surface area contributed by atoms with Crippen LogP contribution in [0.3, 0.4) is 0 Å². The van der Waals surface area contributed by atoms with Gasteiger partial charge in [0, 0.05) is 42.5 Å². The molecule has 0 bridgehead atoms. The Hall–Kier alpha value is -2.75. The molecular formula is C24H28N2O2. The average Bonchev–Trinajstić information content (AvgIpc) is 3.34. The fourth-order valence-electron chi connectivity index (χ4n) is 4.56. The first-order chi connectivity index (χ1) is 13.6. The first-order valence-electron chi connectivity index (χ1n) is 10.3. The third kappa shape index (κ3) is 3.91. The summed E-state index contributed by atoms with van der Waals surface area (Å²) in [5, 5.41) is 12.5. The summed E-state index contributed by atoms with van der Waals surface area (Å²) in [5.41, 5.74) is 6.29. The van der Waals surface area contributed by atoms with Crippen LogP contribution in [0.25, 0.3) is 6.08 Å². The molecule has 146 valence electrons. The largest absolute Gasteiger partial charge is 0.478 e. The highest BCUT2D eigenvalue weighted by Crippen LogP contribution is 2.41. The van der Waals surface area contributed by atoms with Crippen molar-refractivity contribution in [3.63, 3.8) is 0 Å². The van der Waals surface area contributed by atoms with Crippen molar-refractivity contribution in [1.29, 1.82) is 0 Å². The highest BCUT2D eigenvalue weighted by Gasteiger charge is 2.31. The third-order valence-corrected chi connectivity index (χ3v) is 6.03. The van der Waals surface area contributed by atoms with Crippen LogP contribution in [-0.4, -0.2) is 30.2 Å². The van der Waals surface area contributed by atoms with E-state index in [0.717, 1.165) is 18.4 Å². The summed E-state index contributed by atoms with van der Waals surface area (Å²) in [6.07, 6.45) is 7.49. The molecule has 28 heavy (non-hydrogen) atoms. The van der Waals surface area contributed by atoms with Crippen LogP contribution in [-0.2, 0) is 11.2 Å². The van der Waals surface area contributed by atoms with Crippen LogP contribution >= 0.6 is 0 Å². The summed E-state index contributed by atoms with van der Waals surface area (Å²) in [4.78, 5) is 13.2. The second kappa shape index (κ2) is 8.09. The quantitative estimate of drug-likeness (QED) is 0.703. The average molecular weight is 377 g/mol. The zero-order valence-corrected chi connectivity index (χ0v) is 16.4. The fourth-order valence-corrected chi connectivity index (χ4v) is 4.56. The van der Waals surface area contributed by atoms with Crippen LogP contribution in [0, 0.1) is 0 Å². The van der Waals surface area contributed by atoms with Crippen molar-refractivity contribution >= 4 is 23.4 Å². The minimum atomic E-state index is -0.920. The molecule has 2 aromatic carbocycles. The van der Waals surface area contributed by atoms with Gasteiger partial charge < -0.3 is 15.3 Å². The predicted octanol–water partition coefficient (Wildman–Crippen LogP) is 4.92. The smallest absolute Gasteiger partial charge is 0.328 e. The van der Waals surface area contributed by atoms with Gasteiger partial charge in [0.1, 0.15) is 0 Å². The van der Waals surface area contributed by atoms with Crippen LogP contribution in [0.1, 0.15) is 48.8 Å². The molecule has 2 aliphatic heterocycles. The van der Waals surface area contributed by atoms with Crippen molar-refractivity contribution in [2.75, 3.05) is 23.3 Å². The lowest BCUT2D eigenvalue weighted by molar-refractivity contribution is -0.131. The summed E-state index contributed by atoms with van der Waals surface area (Å²) in [7, 11) is 0. The number of benzene rings is 2. The van der Waals surface area contributed by atoms with Gasteiger partial charge in [0.05, 0.1) is 0 Å². The lowest BCUT2D eigenvalue weighted by Gasteiger charge is -2.21. The molecule has 2 N–H and O–H groups in total. The standard InChI is InChI=1S/C24H28N2O2/c1-2-20-21-16-19(26-13-3-4-14-26)10-11-22(21)25-23(20)15-18-7-5-17(6-8-18)9-12-24(27)28/h5-12,16,20,23,25H,2-4,13-15H2,1H3,(H,27,28)/b12-9+. The highest BCUT2D eigenvalue weighted by atomic mass is 16.4. The number of anilines is 2. The Labute approximate surface area is 166 Å². The van der Waals surface area contributed by atoms with E-state index in [1.54, 1.807) is 6.08 Å². The molecule has 0 aliphatic carbocycles. The van der Waals surface area contributed by atoms with E-state index in [2.05, 4.69) is 47.5 Å². The number of hydrogen-bond acceptors (Lipinski definition) is 3. The number of rotatable bonds is 6. The third-order valence-electron chi connectivity index (χ3n) is 6.03. The summed E-state index contributed by atoms with van der Waals surface area (Å²) >= 11 is 0. The Morgan fingerprint density at radius 1 is 1.18 bits per heavy atom. The van der Waals surface area contributed by atoms with Crippen LogP contribution in [0.4, 0.5) is 11.4 Å². The van der Waals surface area contributed by atoms with Crippen LogP contribution in [0.5, 0.6) is 0 Å². The number of carboxylic acid groups (broad SMARTS) is 1. The molecule has 2 aromatic rings. The van der Waals surface area contributed by atoms with E-state index in [4.69, 9.17) is 5.11 Å². The summed E-state index contributed by atoms with van der Waals surface area (Å²) in [5.74, 6) is -0.403. The number of fused-ring (bicyclic) bond motifs is 1. The molecule has 1 fully saturated rings. The molecule has 0 saturated carbocycles. The zero-order chi connectivity index (χ0) is 19.5. The number of nitrogens with zero attached hydrogens (tertiary/aromatic N) is 1. The molecule has 2 aliphatic rings. The molecule has 4 rings (SSSR count). The van der Waals surface area contributed by atoms with E-state index in [1.807, 2.05) is 12.1 Å². The molecule has 2 atom stereocenters. The van der Waals surface area contributed by atoms with Gasteiger partial charge in [-0.1, -0.05) is 31.2 Å². The topological polar surface area (TPSA) is 52.6 Å². The SMILES string of the molecule is CCC1c2cc(N3CCCC3)ccc2NC1Cc1ccc(/C=C/C(=O)O)cc1. The Morgan fingerprint density at radius 2 is 1.93 bits per heavy atom. The van der Waals surface area contributed by atoms with Crippen molar-refractivity contribution in [2.45, 2.75) is 44.6 Å². The molecule has 4 heteroatoms. The number of aliphatic carboxylic acids is 1. The van der Waals surface area contributed by atoms with E-state index in [-0.39, 0.29) is 0 Å². The van der Waals surface area contributed by atoms with Crippen molar-refractivity contribution in [3.8, 4) is 0 Å². The minimum absolute atomic E-state index is 0.397. The second-order valence-electron chi connectivity index (χ2n) is 7.85. The van der Waals surface area contributed by atoms with Gasteiger partial charge in [-0.15, -0.1) is 0 Å². The molecule has 0 radical (unpaired) electrons. The van der Waals surface area contributed by atoms with E-state index in [9.17, 15) is 4.79 Å². The molecule has 2 heterocycles. The summed E-state index contributed by atoms with van der Waals surface area (Å²) in [6.45, 7) is 4.63. The number of nitrogens with one attached hydrogen (secondary N) is 1. The fraction of sp³-hybridized carbons (Fsp3) is 0.375. The van der Waals surface area contributed by atoms with E-state index < -0.39 is 5.97 Å². The summed E-state index contributed by atoms with van der Waals surface area (Å²) < 4.78 is 0. The zero-order valence-electron chi connectivity index (χ0n) is 16.4. The maximum Gasteiger partial charge on any atom is 0.328 e. The Bertz CT molecular complexity index is 867. The van der Waals surface area contributed by atoms with Crippen LogP contribution in [0.15, 0.2) is 48.5 Å². The number of carbonyl (C=O) groups is 1. The maximum absolute atomic E-state index is 10.7. The van der Waals surface area contributed by atoms with Gasteiger partial charge in [0.25, 0.3) is 0 Å². The van der Waals surface area contributed by atoms with Gasteiger partial charge in [0.15, 0.2) is 0 Å². The Balaban J connectivity index is 1.48. The van der Waals surface area contributed by atoms with Gasteiger partial charge >= 0.3 is 5.97 Å². The molecular weight excluding hydrogens is 348 g/mol. The lowest BCUT2D eigenvalue weighted by atomic mass is 9.88. The molecule has 0 spiro atoms. The van der Waals surface area contributed by atoms with Crippen molar-refractivity contribution in [2.24, 2.45) is 0 Å². The first-order valence-corrected chi connectivity index (χ1v) is 10.3. The van der Waals surface area contributed by atoms with E-state index >= 15 is 0 Å². The maximum atomic E-state index is 10.7. The predicted molar refractivity (Wildman–Crippen MR) is 115 cm³/mol. The van der Waals surface area contributed by atoms with E-state index in [0.29, 0.717) is 12.0 Å². The van der Waals surface area contributed by atoms with Crippen LogP contribution < -0.4 is 10.2 Å². The number of carboxylic acids is 1. The van der Waals surface area contributed by atoms with Crippen molar-refractivity contribution in [1.82, 2.24) is 0 Å². The summed E-state index contributed by atoms with van der Waals surface area (Å²) in [6, 6.07) is 15.5. The lowest BCUT2D eigenvalue weighted by Crippen LogP contribution is -2.23. The molecule has 2 unspecified atom stereocenters. The first kappa shape index (κ1) is 18.6. The molecule has 1 saturated heterocycles. The minimum Gasteiger partial charge on any atom is -0.478 e. The van der Waals surface area contributed by atoms with Gasteiger partial charge in [-0.2, -0.15) is 0 Å². The Morgan fingerprint density at radius 3 is 2.61 bits per heavy atom. The van der Waals surface area contributed by atoms with Gasteiger partial charge in [0.2, 0.25) is 0 Å². The number of hydrogen-bond donors (Lipinski definition) is 2. The van der Waals surface area contributed by atoms with Crippen LogP contribution in [0.2, 0.25) is 0 Å². The van der Waals surface area contributed by atoms with Crippen molar-refractivity contribution in [3.05, 3.63) is 65.2 Å². The molecule has 0 amide bonds.